The number of ether oxygens (including phenoxy) is 1. The molecular weight excluding hydrogens is 226 g/mol. The zero-order chi connectivity index (χ0) is 13.1. The SMILES string of the molecule is Cc1cccc(C)c1OCCc1cc(N)n(C)n1. The van der Waals surface area contributed by atoms with Crippen molar-refractivity contribution in [3.63, 3.8) is 0 Å². The molecule has 0 amide bonds. The molecule has 96 valence electrons. The molecule has 1 aromatic carbocycles. The predicted molar refractivity (Wildman–Crippen MR) is 72.7 cm³/mol. The molecule has 1 heterocycles. The maximum Gasteiger partial charge on any atom is 0.125 e. The van der Waals surface area contributed by atoms with E-state index >= 15 is 0 Å². The lowest BCUT2D eigenvalue weighted by Gasteiger charge is -2.11. The fourth-order valence-electron chi connectivity index (χ4n) is 1.95. The normalized spacial score (nSPS) is 10.6. The third-order valence-electron chi connectivity index (χ3n) is 2.98. The van der Waals surface area contributed by atoms with Crippen LogP contribution in [0.25, 0.3) is 0 Å². The maximum atomic E-state index is 5.83. The van der Waals surface area contributed by atoms with Gasteiger partial charge in [0.1, 0.15) is 11.6 Å². The topological polar surface area (TPSA) is 53.1 Å². The molecule has 0 radical (unpaired) electrons. The number of aryl methyl sites for hydroxylation is 3. The van der Waals surface area contributed by atoms with Crippen LogP contribution in [0, 0.1) is 13.8 Å². The second kappa shape index (κ2) is 5.12. The molecule has 2 N–H and O–H groups in total. The molecule has 2 aromatic rings. The molecule has 0 saturated heterocycles. The van der Waals surface area contributed by atoms with Gasteiger partial charge in [-0.2, -0.15) is 5.10 Å². The average molecular weight is 245 g/mol. The molecule has 0 atom stereocenters. The lowest BCUT2D eigenvalue weighted by molar-refractivity contribution is 0.316. The van der Waals surface area contributed by atoms with Gasteiger partial charge in [0.2, 0.25) is 0 Å². The Balaban J connectivity index is 1.96. The Kier molecular flexibility index (Phi) is 3.55. The first-order valence-electron chi connectivity index (χ1n) is 6.05. The molecule has 0 saturated carbocycles. The van der Waals surface area contributed by atoms with Crippen molar-refractivity contribution in [1.29, 1.82) is 0 Å². The Morgan fingerprint density at radius 1 is 1.28 bits per heavy atom. The summed E-state index contributed by atoms with van der Waals surface area (Å²) in [6, 6.07) is 8.03. The minimum Gasteiger partial charge on any atom is -0.493 e. The second-order valence-electron chi connectivity index (χ2n) is 4.50. The summed E-state index contributed by atoms with van der Waals surface area (Å²) in [6.45, 7) is 4.73. The number of nitrogen functional groups attached to an aromatic ring is 1. The molecule has 0 aliphatic rings. The minimum atomic E-state index is 0.613. The highest BCUT2D eigenvalue weighted by Gasteiger charge is 2.05. The van der Waals surface area contributed by atoms with Gasteiger partial charge in [0.25, 0.3) is 0 Å². The van der Waals surface area contributed by atoms with Gasteiger partial charge in [0, 0.05) is 19.5 Å². The Labute approximate surface area is 107 Å². The standard InChI is InChI=1S/C14H19N3O/c1-10-5-4-6-11(2)14(10)18-8-7-12-9-13(15)17(3)16-12/h4-6,9H,7-8,15H2,1-3H3. The van der Waals surface area contributed by atoms with Gasteiger partial charge in [-0.1, -0.05) is 18.2 Å². The Morgan fingerprint density at radius 3 is 2.50 bits per heavy atom. The van der Waals surface area contributed by atoms with Crippen LogP contribution >= 0.6 is 0 Å². The Bertz CT molecular complexity index is 506. The van der Waals surface area contributed by atoms with Crippen LogP contribution in [0.4, 0.5) is 5.82 Å². The first kappa shape index (κ1) is 12.5. The fourth-order valence-corrected chi connectivity index (χ4v) is 1.95. The predicted octanol–water partition coefficient (Wildman–Crippen LogP) is 2.24. The lowest BCUT2D eigenvalue weighted by Crippen LogP contribution is -2.04. The molecule has 0 spiro atoms. The summed E-state index contributed by atoms with van der Waals surface area (Å²) < 4.78 is 7.51. The van der Waals surface area contributed by atoms with Crippen molar-refractivity contribution < 1.29 is 4.74 Å². The van der Waals surface area contributed by atoms with Gasteiger partial charge in [-0.05, 0) is 25.0 Å². The average Bonchev–Trinajstić information content (AvgIpc) is 2.62. The fraction of sp³-hybridized carbons (Fsp3) is 0.357. The highest BCUT2D eigenvalue weighted by atomic mass is 16.5. The smallest absolute Gasteiger partial charge is 0.125 e. The van der Waals surface area contributed by atoms with Crippen LogP contribution in [-0.4, -0.2) is 16.4 Å². The molecule has 1 aromatic heterocycles. The minimum absolute atomic E-state index is 0.613. The molecule has 0 bridgehead atoms. The lowest BCUT2D eigenvalue weighted by atomic mass is 10.1. The first-order valence-corrected chi connectivity index (χ1v) is 6.05. The number of hydrogen-bond acceptors (Lipinski definition) is 3. The van der Waals surface area contributed by atoms with E-state index in [1.54, 1.807) is 4.68 Å². The van der Waals surface area contributed by atoms with Crippen LogP contribution in [-0.2, 0) is 13.5 Å². The molecule has 0 aliphatic heterocycles. The zero-order valence-electron chi connectivity index (χ0n) is 11.1. The number of rotatable bonds is 4. The van der Waals surface area contributed by atoms with Crippen molar-refractivity contribution in [3.8, 4) is 5.75 Å². The van der Waals surface area contributed by atoms with E-state index in [2.05, 4.69) is 31.1 Å². The van der Waals surface area contributed by atoms with Gasteiger partial charge in [-0.15, -0.1) is 0 Å². The maximum absolute atomic E-state index is 5.83. The second-order valence-corrected chi connectivity index (χ2v) is 4.50. The molecule has 0 aliphatic carbocycles. The summed E-state index contributed by atoms with van der Waals surface area (Å²) in [4.78, 5) is 0. The van der Waals surface area contributed by atoms with Crippen molar-refractivity contribution in [2.45, 2.75) is 20.3 Å². The van der Waals surface area contributed by atoms with E-state index in [1.165, 1.54) is 0 Å². The molecule has 4 nitrogen and oxygen atoms in total. The van der Waals surface area contributed by atoms with E-state index in [0.717, 1.165) is 29.0 Å². The van der Waals surface area contributed by atoms with Crippen molar-refractivity contribution in [1.82, 2.24) is 9.78 Å². The van der Waals surface area contributed by atoms with Crippen molar-refractivity contribution in [3.05, 3.63) is 41.1 Å². The molecule has 0 unspecified atom stereocenters. The van der Waals surface area contributed by atoms with Crippen molar-refractivity contribution in [2.75, 3.05) is 12.3 Å². The third-order valence-corrected chi connectivity index (χ3v) is 2.98. The largest absolute Gasteiger partial charge is 0.493 e. The third kappa shape index (κ3) is 2.64. The highest BCUT2D eigenvalue weighted by molar-refractivity contribution is 5.39. The van der Waals surface area contributed by atoms with Crippen LogP contribution in [0.5, 0.6) is 5.75 Å². The number of nitrogens with zero attached hydrogens (tertiary/aromatic N) is 2. The van der Waals surface area contributed by atoms with Gasteiger partial charge in [-0.25, -0.2) is 0 Å². The van der Waals surface area contributed by atoms with Crippen LogP contribution < -0.4 is 10.5 Å². The van der Waals surface area contributed by atoms with Crippen molar-refractivity contribution in [2.24, 2.45) is 7.05 Å². The van der Waals surface area contributed by atoms with Gasteiger partial charge < -0.3 is 10.5 Å². The summed E-state index contributed by atoms with van der Waals surface area (Å²) in [6.07, 6.45) is 0.763. The van der Waals surface area contributed by atoms with Crippen LogP contribution in [0.2, 0.25) is 0 Å². The van der Waals surface area contributed by atoms with Gasteiger partial charge in [-0.3, -0.25) is 4.68 Å². The van der Waals surface area contributed by atoms with Gasteiger partial charge in [0.05, 0.1) is 12.3 Å². The number of nitrogens with two attached hydrogens (primary N) is 1. The number of anilines is 1. The monoisotopic (exact) mass is 245 g/mol. The molecule has 0 fully saturated rings. The Hall–Kier alpha value is -1.97. The number of benzene rings is 1. The quantitative estimate of drug-likeness (QED) is 0.898. The van der Waals surface area contributed by atoms with E-state index in [9.17, 15) is 0 Å². The van der Waals surface area contributed by atoms with E-state index in [-0.39, 0.29) is 0 Å². The van der Waals surface area contributed by atoms with Crippen LogP contribution in [0.15, 0.2) is 24.3 Å². The van der Waals surface area contributed by atoms with Crippen molar-refractivity contribution >= 4 is 5.82 Å². The molecule has 2 rings (SSSR count). The number of hydrogen-bond donors (Lipinski definition) is 1. The summed E-state index contributed by atoms with van der Waals surface area (Å²) in [7, 11) is 1.84. The van der Waals surface area contributed by atoms with E-state index in [0.29, 0.717) is 12.4 Å². The van der Waals surface area contributed by atoms with Gasteiger partial charge >= 0.3 is 0 Å². The summed E-state index contributed by atoms with van der Waals surface area (Å²) >= 11 is 0. The Morgan fingerprint density at radius 2 is 1.94 bits per heavy atom. The van der Waals surface area contributed by atoms with Crippen LogP contribution in [0.3, 0.4) is 0 Å². The summed E-state index contributed by atoms with van der Waals surface area (Å²) in [5, 5.41) is 4.30. The molecular formula is C14H19N3O. The molecule has 4 heteroatoms. The number of aromatic nitrogens is 2. The highest BCUT2D eigenvalue weighted by Crippen LogP contribution is 2.22. The zero-order valence-corrected chi connectivity index (χ0v) is 11.1. The van der Waals surface area contributed by atoms with E-state index in [1.807, 2.05) is 19.2 Å². The van der Waals surface area contributed by atoms with E-state index < -0.39 is 0 Å². The molecule has 18 heavy (non-hydrogen) atoms. The summed E-state index contributed by atoms with van der Waals surface area (Å²) in [5.41, 5.74) is 9.02. The van der Waals surface area contributed by atoms with E-state index in [4.69, 9.17) is 10.5 Å². The first-order chi connectivity index (χ1) is 8.58. The summed E-state index contributed by atoms with van der Waals surface area (Å²) in [5.74, 6) is 1.65. The number of para-hydroxylation sites is 1. The van der Waals surface area contributed by atoms with Gasteiger partial charge in [0.15, 0.2) is 0 Å². The van der Waals surface area contributed by atoms with Crippen LogP contribution in [0.1, 0.15) is 16.8 Å².